The van der Waals surface area contributed by atoms with E-state index >= 15 is 0 Å². The van der Waals surface area contributed by atoms with Crippen LogP contribution in [-0.2, 0) is 4.79 Å². The number of nitrogens with zero attached hydrogens (tertiary/aromatic N) is 1. The van der Waals surface area contributed by atoms with Crippen LogP contribution >= 0.6 is 0 Å². The van der Waals surface area contributed by atoms with Crippen molar-refractivity contribution in [3.63, 3.8) is 0 Å². The van der Waals surface area contributed by atoms with E-state index in [-0.39, 0.29) is 11.8 Å². The summed E-state index contributed by atoms with van der Waals surface area (Å²) in [5, 5.41) is 2.77. The summed E-state index contributed by atoms with van der Waals surface area (Å²) in [6.07, 6.45) is 1.49. The van der Waals surface area contributed by atoms with Crippen molar-refractivity contribution in [1.29, 1.82) is 0 Å². The minimum Gasteiger partial charge on any atom is -0.341 e. The van der Waals surface area contributed by atoms with Crippen molar-refractivity contribution in [1.82, 2.24) is 5.32 Å². The number of benzene rings is 2. The van der Waals surface area contributed by atoms with E-state index < -0.39 is 0 Å². The van der Waals surface area contributed by atoms with E-state index in [9.17, 15) is 9.59 Å². The number of hydrogen-bond donors (Lipinski definition) is 1. The van der Waals surface area contributed by atoms with Crippen LogP contribution in [0.1, 0.15) is 28.8 Å². The molecule has 1 N–H and O–H groups in total. The number of anilines is 1. The number of carbonyl (C=O) groups excluding carboxylic acids is 2. The second-order valence-electron chi connectivity index (χ2n) is 5.55. The number of hydrogen-bond acceptors (Lipinski definition) is 2. The first-order chi connectivity index (χ1) is 11.7. The minimum atomic E-state index is -0.170. The highest BCUT2D eigenvalue weighted by molar-refractivity contribution is 5.97. The van der Waals surface area contributed by atoms with Gasteiger partial charge >= 0.3 is 0 Å². The second kappa shape index (κ2) is 7.47. The van der Waals surface area contributed by atoms with E-state index in [1.807, 2.05) is 42.5 Å². The molecule has 0 atom stereocenters. The van der Waals surface area contributed by atoms with E-state index in [4.69, 9.17) is 0 Å². The van der Waals surface area contributed by atoms with Gasteiger partial charge in [0.15, 0.2) is 0 Å². The highest BCUT2D eigenvalue weighted by atomic mass is 16.2. The molecular weight excluding hydrogens is 300 g/mol. The van der Waals surface area contributed by atoms with Crippen LogP contribution in [0.3, 0.4) is 0 Å². The molecule has 120 valence electrons. The zero-order valence-electron chi connectivity index (χ0n) is 13.3. The van der Waals surface area contributed by atoms with Gasteiger partial charge in [0.2, 0.25) is 5.91 Å². The largest absolute Gasteiger partial charge is 0.341 e. The van der Waals surface area contributed by atoms with Gasteiger partial charge < -0.3 is 10.2 Å². The molecule has 2 amide bonds. The number of rotatable bonds is 3. The van der Waals surface area contributed by atoms with Gasteiger partial charge in [-0.3, -0.25) is 9.59 Å². The molecular formula is C20H18N2O2. The molecule has 24 heavy (non-hydrogen) atoms. The summed E-state index contributed by atoms with van der Waals surface area (Å²) in [7, 11) is 0. The van der Waals surface area contributed by atoms with Gasteiger partial charge in [0, 0.05) is 29.8 Å². The van der Waals surface area contributed by atoms with Crippen molar-refractivity contribution in [3.8, 4) is 11.8 Å². The van der Waals surface area contributed by atoms with Crippen molar-refractivity contribution in [3.05, 3.63) is 65.7 Å². The Hall–Kier alpha value is -3.06. The second-order valence-corrected chi connectivity index (χ2v) is 5.55. The first-order valence-electron chi connectivity index (χ1n) is 7.96. The SMILES string of the molecule is O=C(NCC#Cc1ccccc1)c1ccc(N2CCCC2=O)cc1. The van der Waals surface area contributed by atoms with Gasteiger partial charge in [0.05, 0.1) is 6.54 Å². The first kappa shape index (κ1) is 15.8. The van der Waals surface area contributed by atoms with E-state index in [1.165, 1.54) is 0 Å². The van der Waals surface area contributed by atoms with Crippen LogP contribution in [0.5, 0.6) is 0 Å². The monoisotopic (exact) mass is 318 g/mol. The van der Waals surface area contributed by atoms with E-state index in [1.54, 1.807) is 17.0 Å². The lowest BCUT2D eigenvalue weighted by atomic mass is 10.2. The van der Waals surface area contributed by atoms with Crippen LogP contribution < -0.4 is 10.2 Å². The summed E-state index contributed by atoms with van der Waals surface area (Å²) < 4.78 is 0. The molecule has 1 heterocycles. The van der Waals surface area contributed by atoms with Gasteiger partial charge in [-0.2, -0.15) is 0 Å². The fourth-order valence-corrected chi connectivity index (χ4v) is 2.61. The van der Waals surface area contributed by atoms with Crippen LogP contribution in [0, 0.1) is 11.8 Å². The van der Waals surface area contributed by atoms with Crippen molar-refractivity contribution < 1.29 is 9.59 Å². The van der Waals surface area contributed by atoms with E-state index in [2.05, 4.69) is 17.2 Å². The van der Waals surface area contributed by atoms with Crippen molar-refractivity contribution in [2.24, 2.45) is 0 Å². The molecule has 1 aliphatic heterocycles. The van der Waals surface area contributed by atoms with Gasteiger partial charge in [-0.1, -0.05) is 30.0 Å². The van der Waals surface area contributed by atoms with Gasteiger partial charge in [-0.25, -0.2) is 0 Å². The fourth-order valence-electron chi connectivity index (χ4n) is 2.61. The Bertz CT molecular complexity index is 786. The molecule has 4 nitrogen and oxygen atoms in total. The molecule has 1 saturated heterocycles. The average molecular weight is 318 g/mol. The molecule has 0 saturated carbocycles. The van der Waals surface area contributed by atoms with Crippen LogP contribution in [0.15, 0.2) is 54.6 Å². The van der Waals surface area contributed by atoms with Crippen LogP contribution in [0.25, 0.3) is 0 Å². The number of amides is 2. The Morgan fingerprint density at radius 2 is 1.83 bits per heavy atom. The van der Waals surface area contributed by atoms with Crippen LogP contribution in [-0.4, -0.2) is 24.9 Å². The Morgan fingerprint density at radius 1 is 1.08 bits per heavy atom. The quantitative estimate of drug-likeness (QED) is 0.884. The molecule has 4 heteroatoms. The zero-order valence-corrected chi connectivity index (χ0v) is 13.3. The molecule has 0 radical (unpaired) electrons. The molecule has 2 aromatic rings. The molecule has 3 rings (SSSR count). The summed E-state index contributed by atoms with van der Waals surface area (Å²) in [6, 6.07) is 16.7. The first-order valence-corrected chi connectivity index (χ1v) is 7.96. The lowest BCUT2D eigenvalue weighted by Crippen LogP contribution is -2.25. The summed E-state index contributed by atoms with van der Waals surface area (Å²) in [6.45, 7) is 1.04. The number of nitrogens with one attached hydrogen (secondary N) is 1. The Labute approximate surface area is 141 Å². The van der Waals surface area contributed by atoms with Gasteiger partial charge in [-0.05, 0) is 42.8 Å². The predicted molar refractivity (Wildman–Crippen MR) is 93.7 cm³/mol. The normalized spacial score (nSPS) is 13.3. The standard InChI is InChI=1S/C20H18N2O2/c23-19-9-5-15-22(19)18-12-10-17(11-13-18)20(24)21-14-4-8-16-6-2-1-3-7-16/h1-3,6-7,10-13H,5,9,14-15H2,(H,21,24). The Balaban J connectivity index is 1.56. The third-order valence-corrected chi connectivity index (χ3v) is 3.86. The molecule has 0 spiro atoms. The average Bonchev–Trinajstić information content (AvgIpc) is 3.05. The summed E-state index contributed by atoms with van der Waals surface area (Å²) in [5.41, 5.74) is 2.33. The van der Waals surface area contributed by atoms with Crippen LogP contribution in [0.2, 0.25) is 0 Å². The van der Waals surface area contributed by atoms with E-state index in [0.29, 0.717) is 18.5 Å². The fraction of sp³-hybridized carbons (Fsp3) is 0.200. The predicted octanol–water partition coefficient (Wildman–Crippen LogP) is 2.59. The molecule has 1 fully saturated rings. The lowest BCUT2D eigenvalue weighted by Gasteiger charge is -2.15. The van der Waals surface area contributed by atoms with Crippen LogP contribution in [0.4, 0.5) is 5.69 Å². The molecule has 2 aromatic carbocycles. The molecule has 0 unspecified atom stereocenters. The highest BCUT2D eigenvalue weighted by Gasteiger charge is 2.21. The molecule has 0 aromatic heterocycles. The van der Waals surface area contributed by atoms with Gasteiger partial charge in [-0.15, -0.1) is 0 Å². The van der Waals surface area contributed by atoms with Crippen molar-refractivity contribution >= 4 is 17.5 Å². The zero-order chi connectivity index (χ0) is 16.8. The maximum atomic E-state index is 12.1. The minimum absolute atomic E-state index is 0.142. The molecule has 1 aliphatic rings. The van der Waals surface area contributed by atoms with Gasteiger partial charge in [0.1, 0.15) is 0 Å². The Morgan fingerprint density at radius 3 is 2.50 bits per heavy atom. The lowest BCUT2D eigenvalue weighted by molar-refractivity contribution is -0.117. The van der Waals surface area contributed by atoms with Gasteiger partial charge in [0.25, 0.3) is 5.91 Å². The third-order valence-electron chi connectivity index (χ3n) is 3.86. The number of carbonyl (C=O) groups is 2. The maximum absolute atomic E-state index is 12.1. The summed E-state index contributed by atoms with van der Waals surface area (Å²) in [5.74, 6) is 5.90. The van der Waals surface area contributed by atoms with E-state index in [0.717, 1.165) is 24.2 Å². The summed E-state index contributed by atoms with van der Waals surface area (Å²) >= 11 is 0. The smallest absolute Gasteiger partial charge is 0.252 e. The molecule has 0 bridgehead atoms. The molecule has 0 aliphatic carbocycles. The topological polar surface area (TPSA) is 49.4 Å². The summed E-state index contributed by atoms with van der Waals surface area (Å²) in [4.78, 5) is 25.6. The third kappa shape index (κ3) is 3.82. The Kier molecular flexibility index (Phi) is 4.93. The van der Waals surface area contributed by atoms with Crippen molar-refractivity contribution in [2.45, 2.75) is 12.8 Å². The van der Waals surface area contributed by atoms with Crippen molar-refractivity contribution in [2.75, 3.05) is 18.0 Å². The highest BCUT2D eigenvalue weighted by Crippen LogP contribution is 2.21. The maximum Gasteiger partial charge on any atom is 0.252 e.